The van der Waals surface area contributed by atoms with Crippen molar-refractivity contribution in [1.29, 1.82) is 0 Å². The van der Waals surface area contributed by atoms with E-state index in [1.54, 1.807) is 17.8 Å². The molecule has 0 spiro atoms. The third kappa shape index (κ3) is 5.39. The first-order valence-electron chi connectivity index (χ1n) is 8.59. The van der Waals surface area contributed by atoms with Crippen molar-refractivity contribution in [3.05, 3.63) is 56.8 Å². The van der Waals surface area contributed by atoms with E-state index in [4.69, 9.17) is 0 Å². The highest BCUT2D eigenvalue weighted by molar-refractivity contribution is 7.99. The SMILES string of the molecule is Cc1cnc(NC(=O)CSc2nnc(CNC(=O)c3cccc([N+](=O)[O-])c3)n2C)s1. The highest BCUT2D eigenvalue weighted by atomic mass is 32.2. The molecule has 0 atom stereocenters. The van der Waals surface area contributed by atoms with Crippen LogP contribution >= 0.6 is 23.1 Å². The van der Waals surface area contributed by atoms with Crippen molar-refractivity contribution in [3.8, 4) is 0 Å². The number of nitrogens with one attached hydrogen (secondary N) is 2. The molecule has 2 N–H and O–H groups in total. The van der Waals surface area contributed by atoms with Crippen molar-refractivity contribution in [1.82, 2.24) is 25.1 Å². The molecule has 2 amide bonds. The summed E-state index contributed by atoms with van der Waals surface area (Å²) in [5, 5.41) is 25.3. The zero-order valence-electron chi connectivity index (χ0n) is 16.0. The molecule has 0 unspecified atom stereocenters. The molecule has 0 fully saturated rings. The molecule has 0 bridgehead atoms. The number of aryl methyl sites for hydroxylation is 1. The Morgan fingerprint density at radius 1 is 1.33 bits per heavy atom. The fourth-order valence-electron chi connectivity index (χ4n) is 2.34. The normalized spacial score (nSPS) is 10.6. The topological polar surface area (TPSA) is 145 Å². The Morgan fingerprint density at radius 2 is 2.13 bits per heavy atom. The number of carbonyl (C=O) groups is 2. The summed E-state index contributed by atoms with van der Waals surface area (Å²) in [6, 6.07) is 5.45. The molecular weight excluding hydrogens is 430 g/mol. The Balaban J connectivity index is 1.53. The van der Waals surface area contributed by atoms with Gasteiger partial charge in [-0.2, -0.15) is 0 Å². The summed E-state index contributed by atoms with van der Waals surface area (Å²) in [5.74, 6) is -0.0656. The zero-order valence-corrected chi connectivity index (χ0v) is 17.6. The van der Waals surface area contributed by atoms with Crippen molar-refractivity contribution in [3.63, 3.8) is 0 Å². The summed E-state index contributed by atoms with van der Waals surface area (Å²) >= 11 is 2.60. The molecule has 13 heteroatoms. The molecule has 30 heavy (non-hydrogen) atoms. The Hall–Kier alpha value is -3.32. The van der Waals surface area contributed by atoms with Gasteiger partial charge in [0.05, 0.1) is 17.2 Å². The number of thioether (sulfide) groups is 1. The average Bonchev–Trinajstić information content (AvgIpc) is 3.29. The molecule has 1 aromatic carbocycles. The summed E-state index contributed by atoms with van der Waals surface area (Å²) in [6.07, 6.45) is 1.68. The van der Waals surface area contributed by atoms with E-state index in [1.807, 2.05) is 6.92 Å². The lowest BCUT2D eigenvalue weighted by Crippen LogP contribution is -2.24. The largest absolute Gasteiger partial charge is 0.345 e. The highest BCUT2D eigenvalue weighted by Crippen LogP contribution is 2.19. The van der Waals surface area contributed by atoms with Gasteiger partial charge in [0.1, 0.15) is 0 Å². The Kier molecular flexibility index (Phi) is 6.74. The Bertz CT molecular complexity index is 1100. The standard InChI is InChI=1S/C17H17N7O4S2/c1-10-7-19-16(30-10)20-14(25)9-29-17-22-21-13(23(17)2)8-18-15(26)11-4-3-5-12(6-11)24(27)28/h3-7H,8-9H2,1-2H3,(H,18,26)(H,19,20,25). The van der Waals surface area contributed by atoms with E-state index in [1.165, 1.54) is 47.4 Å². The number of hydrogen-bond donors (Lipinski definition) is 2. The molecule has 0 aliphatic heterocycles. The van der Waals surface area contributed by atoms with Crippen LogP contribution in [-0.4, -0.2) is 42.2 Å². The molecular formula is C17H17N7O4S2. The minimum Gasteiger partial charge on any atom is -0.345 e. The van der Waals surface area contributed by atoms with Crippen LogP contribution in [0.15, 0.2) is 35.6 Å². The van der Waals surface area contributed by atoms with Gasteiger partial charge in [0.15, 0.2) is 16.1 Å². The number of nitro benzene ring substituents is 1. The van der Waals surface area contributed by atoms with Gasteiger partial charge >= 0.3 is 0 Å². The van der Waals surface area contributed by atoms with Crippen LogP contribution in [0.3, 0.4) is 0 Å². The number of nitrogens with zero attached hydrogens (tertiary/aromatic N) is 5. The monoisotopic (exact) mass is 447 g/mol. The summed E-state index contributed by atoms with van der Waals surface area (Å²) in [7, 11) is 1.72. The zero-order chi connectivity index (χ0) is 21.7. The minimum atomic E-state index is -0.561. The van der Waals surface area contributed by atoms with Gasteiger partial charge in [-0.1, -0.05) is 17.8 Å². The second-order valence-electron chi connectivity index (χ2n) is 6.06. The van der Waals surface area contributed by atoms with Gasteiger partial charge in [-0.15, -0.1) is 21.5 Å². The van der Waals surface area contributed by atoms with Crippen LogP contribution in [0.1, 0.15) is 21.1 Å². The molecule has 0 aliphatic carbocycles. The number of thiazole rings is 1. The maximum atomic E-state index is 12.2. The number of benzene rings is 1. The minimum absolute atomic E-state index is 0.0795. The number of non-ortho nitro benzene ring substituents is 1. The predicted molar refractivity (Wildman–Crippen MR) is 111 cm³/mol. The number of amides is 2. The van der Waals surface area contributed by atoms with Crippen molar-refractivity contribution in [2.24, 2.45) is 7.05 Å². The van der Waals surface area contributed by atoms with Crippen LogP contribution in [0.4, 0.5) is 10.8 Å². The Morgan fingerprint density at radius 3 is 2.83 bits per heavy atom. The summed E-state index contributed by atoms with van der Waals surface area (Å²) in [6.45, 7) is 1.98. The molecule has 2 heterocycles. The second kappa shape index (κ2) is 9.45. The highest BCUT2D eigenvalue weighted by Gasteiger charge is 2.15. The van der Waals surface area contributed by atoms with Gasteiger partial charge in [-0.05, 0) is 13.0 Å². The lowest BCUT2D eigenvalue weighted by atomic mass is 10.2. The smallest absolute Gasteiger partial charge is 0.270 e. The van der Waals surface area contributed by atoms with Gasteiger partial charge in [0, 0.05) is 35.8 Å². The molecule has 0 radical (unpaired) electrons. The number of carbonyl (C=O) groups excluding carboxylic acids is 2. The van der Waals surface area contributed by atoms with Gasteiger partial charge < -0.3 is 15.2 Å². The Labute approximate surface area is 179 Å². The molecule has 11 nitrogen and oxygen atoms in total. The van der Waals surface area contributed by atoms with Crippen molar-refractivity contribution < 1.29 is 14.5 Å². The maximum Gasteiger partial charge on any atom is 0.270 e. The first-order chi connectivity index (χ1) is 14.3. The number of anilines is 1. The molecule has 0 aliphatic rings. The van der Waals surface area contributed by atoms with E-state index in [9.17, 15) is 19.7 Å². The molecule has 3 aromatic rings. The van der Waals surface area contributed by atoms with Crippen LogP contribution < -0.4 is 10.6 Å². The van der Waals surface area contributed by atoms with Crippen molar-refractivity contribution >= 4 is 45.7 Å². The fourth-order valence-corrected chi connectivity index (χ4v) is 3.76. The van der Waals surface area contributed by atoms with Crippen molar-refractivity contribution in [2.75, 3.05) is 11.1 Å². The molecule has 2 aromatic heterocycles. The van der Waals surface area contributed by atoms with Gasteiger partial charge in [-0.25, -0.2) is 4.98 Å². The third-order valence-corrected chi connectivity index (χ3v) is 5.70. The molecule has 156 valence electrons. The fraction of sp³-hybridized carbons (Fsp3) is 0.235. The molecule has 3 rings (SSSR count). The van der Waals surface area contributed by atoms with E-state index < -0.39 is 10.8 Å². The van der Waals surface area contributed by atoms with Crippen LogP contribution in [0.2, 0.25) is 0 Å². The number of rotatable bonds is 8. The first kappa shape index (κ1) is 21.4. The first-order valence-corrected chi connectivity index (χ1v) is 10.4. The molecule has 0 saturated heterocycles. The van der Waals surface area contributed by atoms with Gasteiger partial charge in [0.25, 0.3) is 11.6 Å². The van der Waals surface area contributed by atoms with Crippen LogP contribution in [-0.2, 0) is 18.4 Å². The van der Waals surface area contributed by atoms with Crippen molar-refractivity contribution in [2.45, 2.75) is 18.6 Å². The average molecular weight is 448 g/mol. The van der Waals surface area contributed by atoms with E-state index in [2.05, 4.69) is 25.8 Å². The summed E-state index contributed by atoms with van der Waals surface area (Å²) < 4.78 is 1.67. The van der Waals surface area contributed by atoms with E-state index in [-0.39, 0.29) is 29.5 Å². The van der Waals surface area contributed by atoms with E-state index >= 15 is 0 Å². The lowest BCUT2D eigenvalue weighted by Gasteiger charge is -2.06. The molecule has 0 saturated carbocycles. The summed E-state index contributed by atoms with van der Waals surface area (Å²) in [4.78, 5) is 39.6. The number of aromatic nitrogens is 4. The quantitative estimate of drug-likeness (QED) is 0.303. The predicted octanol–water partition coefficient (Wildman–Crippen LogP) is 2.15. The second-order valence-corrected chi connectivity index (χ2v) is 8.24. The van der Waals surface area contributed by atoms with Gasteiger partial charge in [0.2, 0.25) is 5.91 Å². The third-order valence-electron chi connectivity index (χ3n) is 3.85. The lowest BCUT2D eigenvalue weighted by molar-refractivity contribution is -0.384. The van der Waals surface area contributed by atoms with Crippen LogP contribution in [0.5, 0.6) is 0 Å². The van der Waals surface area contributed by atoms with E-state index in [0.29, 0.717) is 16.1 Å². The maximum absolute atomic E-state index is 12.2. The van der Waals surface area contributed by atoms with E-state index in [0.717, 1.165) is 4.88 Å². The number of hydrogen-bond acceptors (Lipinski definition) is 9. The summed E-state index contributed by atoms with van der Waals surface area (Å²) in [5.41, 5.74) is 0.0150. The van der Waals surface area contributed by atoms with Gasteiger partial charge in [-0.3, -0.25) is 19.7 Å². The number of nitro groups is 1. The van der Waals surface area contributed by atoms with Crippen LogP contribution in [0.25, 0.3) is 0 Å². The van der Waals surface area contributed by atoms with Crippen LogP contribution in [0, 0.1) is 17.0 Å².